The lowest BCUT2D eigenvalue weighted by molar-refractivity contribution is -0.136. The van der Waals surface area contributed by atoms with Gasteiger partial charge in [0.05, 0.1) is 12.0 Å². The third-order valence-electron chi connectivity index (χ3n) is 6.51. The fraction of sp³-hybridized carbons (Fsp3) is 0.360. The number of carboxylic acids is 1. The van der Waals surface area contributed by atoms with Crippen molar-refractivity contribution in [2.45, 2.75) is 61.5 Å². The minimum absolute atomic E-state index is 0.180. The van der Waals surface area contributed by atoms with Crippen LogP contribution in [0.15, 0.2) is 21.3 Å². The van der Waals surface area contributed by atoms with Gasteiger partial charge in [0.25, 0.3) is 0 Å². The first-order valence-corrected chi connectivity index (χ1v) is 10.0. The monoisotopic (exact) mass is 408 g/mol. The van der Waals surface area contributed by atoms with Crippen molar-refractivity contribution in [1.82, 2.24) is 0 Å². The fourth-order valence-electron chi connectivity index (χ4n) is 4.03. The molecule has 0 fully saturated rings. The summed E-state index contributed by atoms with van der Waals surface area (Å²) in [6, 6.07) is 3.68. The molecule has 5 heteroatoms. The van der Waals surface area contributed by atoms with Crippen molar-refractivity contribution >= 4 is 16.9 Å². The van der Waals surface area contributed by atoms with Crippen molar-refractivity contribution in [1.29, 1.82) is 0 Å². The second-order valence-corrected chi connectivity index (χ2v) is 8.02. The third-order valence-corrected chi connectivity index (χ3v) is 6.51. The van der Waals surface area contributed by atoms with E-state index in [0.29, 0.717) is 23.5 Å². The van der Waals surface area contributed by atoms with Gasteiger partial charge in [0.15, 0.2) is 0 Å². The molecule has 1 heterocycles. The van der Waals surface area contributed by atoms with Crippen LogP contribution in [0.4, 0.5) is 0 Å². The Morgan fingerprint density at radius 3 is 1.97 bits per heavy atom. The lowest BCUT2D eigenvalue weighted by Crippen LogP contribution is -2.15. The standard InChI is InChI=1S/C25H28O5/c1-12-13(2)15(4)21(16(5)14(12)3)11-29-22-9-8-19-17(6)20(10-23(26)27)25(28)30-24(19)18(22)7/h8-9H,10-11H2,1-7H3,(H,26,27). The number of rotatable bonds is 5. The van der Waals surface area contributed by atoms with E-state index in [-0.39, 0.29) is 12.0 Å². The van der Waals surface area contributed by atoms with Crippen LogP contribution in [0.3, 0.4) is 0 Å². The van der Waals surface area contributed by atoms with Gasteiger partial charge < -0.3 is 14.3 Å². The molecule has 0 saturated carbocycles. The van der Waals surface area contributed by atoms with E-state index in [1.165, 1.54) is 33.4 Å². The molecule has 0 spiro atoms. The van der Waals surface area contributed by atoms with Crippen LogP contribution in [0.2, 0.25) is 0 Å². The first kappa shape index (κ1) is 21.6. The van der Waals surface area contributed by atoms with E-state index < -0.39 is 11.6 Å². The Balaban J connectivity index is 2.03. The van der Waals surface area contributed by atoms with Crippen LogP contribution in [0, 0.1) is 48.5 Å². The average molecular weight is 408 g/mol. The molecule has 3 rings (SSSR count). The predicted molar refractivity (Wildman–Crippen MR) is 118 cm³/mol. The van der Waals surface area contributed by atoms with Gasteiger partial charge in [-0.2, -0.15) is 0 Å². The van der Waals surface area contributed by atoms with E-state index in [4.69, 9.17) is 14.3 Å². The van der Waals surface area contributed by atoms with Crippen molar-refractivity contribution in [3.63, 3.8) is 0 Å². The molecule has 0 radical (unpaired) electrons. The van der Waals surface area contributed by atoms with Crippen molar-refractivity contribution in [2.75, 3.05) is 0 Å². The van der Waals surface area contributed by atoms with E-state index >= 15 is 0 Å². The molecular formula is C25H28O5. The molecule has 2 aromatic carbocycles. The zero-order chi connectivity index (χ0) is 22.3. The highest BCUT2D eigenvalue weighted by Crippen LogP contribution is 2.32. The minimum atomic E-state index is -1.06. The van der Waals surface area contributed by atoms with E-state index in [2.05, 4.69) is 34.6 Å². The van der Waals surface area contributed by atoms with Crippen LogP contribution in [0.1, 0.15) is 50.1 Å². The lowest BCUT2D eigenvalue weighted by atomic mass is 9.90. The first-order valence-electron chi connectivity index (χ1n) is 10.0. The van der Waals surface area contributed by atoms with Gasteiger partial charge in [0.2, 0.25) is 0 Å². The molecule has 1 aromatic heterocycles. The van der Waals surface area contributed by atoms with Gasteiger partial charge >= 0.3 is 11.6 Å². The number of aryl methyl sites for hydroxylation is 2. The van der Waals surface area contributed by atoms with Crippen LogP contribution in [0.25, 0.3) is 11.0 Å². The maximum atomic E-state index is 12.4. The summed E-state index contributed by atoms with van der Waals surface area (Å²) in [7, 11) is 0. The highest BCUT2D eigenvalue weighted by Gasteiger charge is 2.18. The SMILES string of the molecule is Cc1c(C)c(C)c(COc2ccc3c(C)c(CC(=O)O)c(=O)oc3c2C)c(C)c1C. The molecular weight excluding hydrogens is 380 g/mol. The van der Waals surface area contributed by atoms with E-state index in [1.54, 1.807) is 6.92 Å². The molecule has 0 unspecified atom stereocenters. The van der Waals surface area contributed by atoms with Crippen molar-refractivity contribution < 1.29 is 19.1 Å². The number of ether oxygens (including phenoxy) is 1. The molecule has 5 nitrogen and oxygen atoms in total. The smallest absolute Gasteiger partial charge is 0.340 e. The fourth-order valence-corrected chi connectivity index (χ4v) is 4.03. The number of benzene rings is 2. The van der Waals surface area contributed by atoms with Gasteiger partial charge in [-0.05, 0) is 99.5 Å². The highest BCUT2D eigenvalue weighted by molar-refractivity contribution is 5.86. The van der Waals surface area contributed by atoms with Crippen LogP contribution < -0.4 is 10.4 Å². The number of aliphatic carboxylic acids is 1. The number of hydrogen-bond donors (Lipinski definition) is 1. The summed E-state index contributed by atoms with van der Waals surface area (Å²) in [5, 5.41) is 9.79. The first-order chi connectivity index (χ1) is 14.0. The molecule has 30 heavy (non-hydrogen) atoms. The van der Waals surface area contributed by atoms with Crippen LogP contribution in [-0.4, -0.2) is 11.1 Å². The Bertz CT molecular complexity index is 1200. The van der Waals surface area contributed by atoms with Gasteiger partial charge in [0, 0.05) is 10.9 Å². The van der Waals surface area contributed by atoms with Gasteiger partial charge in [-0.15, -0.1) is 0 Å². The minimum Gasteiger partial charge on any atom is -0.488 e. The zero-order valence-corrected chi connectivity index (χ0v) is 18.6. The molecule has 0 bridgehead atoms. The second kappa shape index (κ2) is 7.98. The summed E-state index contributed by atoms with van der Waals surface area (Å²) < 4.78 is 11.7. The Labute approximate surface area is 176 Å². The average Bonchev–Trinajstić information content (AvgIpc) is 2.69. The maximum Gasteiger partial charge on any atom is 0.340 e. The van der Waals surface area contributed by atoms with E-state index in [0.717, 1.165) is 10.9 Å². The number of fused-ring (bicyclic) bond motifs is 1. The van der Waals surface area contributed by atoms with Gasteiger partial charge in [-0.25, -0.2) is 4.79 Å². The predicted octanol–water partition coefficient (Wildman–Crippen LogP) is 5.16. The summed E-state index contributed by atoms with van der Waals surface area (Å²) in [6.45, 7) is 14.7. The van der Waals surface area contributed by atoms with E-state index in [9.17, 15) is 9.59 Å². The molecule has 158 valence electrons. The normalized spacial score (nSPS) is 11.2. The number of carbonyl (C=O) groups is 1. The van der Waals surface area contributed by atoms with Gasteiger partial charge in [-0.3, -0.25) is 4.79 Å². The molecule has 0 atom stereocenters. The van der Waals surface area contributed by atoms with Crippen molar-refractivity contribution in [3.8, 4) is 5.75 Å². The lowest BCUT2D eigenvalue weighted by Gasteiger charge is -2.20. The molecule has 0 amide bonds. The molecule has 0 aliphatic heterocycles. The number of hydrogen-bond acceptors (Lipinski definition) is 4. The quantitative estimate of drug-likeness (QED) is 0.590. The molecule has 3 aromatic rings. The zero-order valence-electron chi connectivity index (χ0n) is 18.6. The molecule has 1 N–H and O–H groups in total. The Morgan fingerprint density at radius 1 is 0.833 bits per heavy atom. The summed E-state index contributed by atoms with van der Waals surface area (Å²) in [5.74, 6) is -0.415. The van der Waals surface area contributed by atoms with Crippen molar-refractivity contribution in [3.05, 3.63) is 72.6 Å². The maximum absolute atomic E-state index is 12.4. The molecule has 0 aliphatic rings. The summed E-state index contributed by atoms with van der Waals surface area (Å²) in [4.78, 5) is 23.4. The van der Waals surface area contributed by atoms with Gasteiger partial charge in [0.1, 0.15) is 17.9 Å². The summed E-state index contributed by atoms with van der Waals surface area (Å²) >= 11 is 0. The number of carboxylic acid groups (broad SMARTS) is 1. The second-order valence-electron chi connectivity index (χ2n) is 8.02. The Kier molecular flexibility index (Phi) is 5.75. The van der Waals surface area contributed by atoms with Crippen molar-refractivity contribution in [2.24, 2.45) is 0 Å². The topological polar surface area (TPSA) is 76.7 Å². The van der Waals surface area contributed by atoms with Crippen LogP contribution in [0.5, 0.6) is 5.75 Å². The highest BCUT2D eigenvalue weighted by atomic mass is 16.5. The van der Waals surface area contributed by atoms with Crippen LogP contribution >= 0.6 is 0 Å². The molecule has 0 saturated heterocycles. The van der Waals surface area contributed by atoms with Gasteiger partial charge in [-0.1, -0.05) is 0 Å². The van der Waals surface area contributed by atoms with Crippen LogP contribution in [-0.2, 0) is 17.8 Å². The summed E-state index contributed by atoms with van der Waals surface area (Å²) in [5.41, 5.74) is 8.87. The third kappa shape index (κ3) is 3.60. The Morgan fingerprint density at radius 2 is 1.40 bits per heavy atom. The largest absolute Gasteiger partial charge is 0.488 e. The summed E-state index contributed by atoms with van der Waals surface area (Å²) in [6.07, 6.45) is -0.355. The Hall–Kier alpha value is -3.08. The molecule has 0 aliphatic carbocycles. The van der Waals surface area contributed by atoms with E-state index in [1.807, 2.05) is 19.1 Å².